The number of aromatic nitrogens is 2. The van der Waals surface area contributed by atoms with E-state index in [1.165, 1.54) is 5.56 Å². The fourth-order valence-corrected chi connectivity index (χ4v) is 4.76. The zero-order chi connectivity index (χ0) is 20.5. The molecule has 0 spiro atoms. The lowest BCUT2D eigenvalue weighted by atomic mass is 9.83. The minimum Gasteiger partial charge on any atom is -0.472 e. The number of likely N-dealkylation sites (tertiary alicyclic amines) is 1. The second kappa shape index (κ2) is 7.91. The minimum absolute atomic E-state index is 0.191. The lowest BCUT2D eigenvalue weighted by Gasteiger charge is -2.42. The highest BCUT2D eigenvalue weighted by atomic mass is 16.3. The SMILES string of the molecule is O=C(NCc1ccccn1)c1ccc2n(c1=O)C[C@H]1C[C@@H]2CN(Cc2ccoc2)C1. The minimum atomic E-state index is -0.349. The summed E-state index contributed by atoms with van der Waals surface area (Å²) in [6.07, 6.45) is 6.27. The Balaban J connectivity index is 1.33. The van der Waals surface area contributed by atoms with Crippen LogP contribution < -0.4 is 10.9 Å². The number of nitrogens with one attached hydrogen (secondary N) is 1. The average Bonchev–Trinajstić information content (AvgIpc) is 3.26. The summed E-state index contributed by atoms with van der Waals surface area (Å²) in [5.74, 6) is 0.369. The zero-order valence-corrected chi connectivity index (χ0v) is 16.7. The fraction of sp³-hybridized carbons (Fsp3) is 0.348. The summed E-state index contributed by atoms with van der Waals surface area (Å²) in [4.78, 5) is 32.4. The second-order valence-corrected chi connectivity index (χ2v) is 8.22. The normalized spacial score (nSPS) is 20.5. The third-order valence-electron chi connectivity index (χ3n) is 6.07. The summed E-state index contributed by atoms with van der Waals surface area (Å²) in [6.45, 7) is 3.68. The molecule has 3 aromatic rings. The molecule has 7 heteroatoms. The third kappa shape index (κ3) is 3.68. The fourth-order valence-electron chi connectivity index (χ4n) is 4.76. The molecule has 2 aliphatic rings. The van der Waals surface area contributed by atoms with Gasteiger partial charge in [-0.1, -0.05) is 6.07 Å². The molecule has 154 valence electrons. The molecule has 0 unspecified atom stereocenters. The van der Waals surface area contributed by atoms with Crippen molar-refractivity contribution in [2.24, 2.45) is 5.92 Å². The molecule has 2 bridgehead atoms. The smallest absolute Gasteiger partial charge is 0.263 e. The number of pyridine rings is 2. The summed E-state index contributed by atoms with van der Waals surface area (Å²) < 4.78 is 7.01. The van der Waals surface area contributed by atoms with Crippen LogP contribution in [0.5, 0.6) is 0 Å². The molecule has 2 atom stereocenters. The first-order valence-corrected chi connectivity index (χ1v) is 10.3. The third-order valence-corrected chi connectivity index (χ3v) is 6.07. The number of carbonyl (C=O) groups is 1. The quantitative estimate of drug-likeness (QED) is 0.706. The summed E-state index contributed by atoms with van der Waals surface area (Å²) in [7, 11) is 0. The van der Waals surface area contributed by atoms with E-state index in [0.717, 1.165) is 37.4 Å². The van der Waals surface area contributed by atoms with Gasteiger partial charge in [-0.3, -0.25) is 19.5 Å². The van der Waals surface area contributed by atoms with Crippen LogP contribution in [0.2, 0.25) is 0 Å². The molecule has 30 heavy (non-hydrogen) atoms. The Kier molecular flexibility index (Phi) is 4.96. The number of furan rings is 1. The highest BCUT2D eigenvalue weighted by Gasteiger charge is 2.35. The largest absolute Gasteiger partial charge is 0.472 e. The molecular formula is C23H24N4O3. The van der Waals surface area contributed by atoms with Gasteiger partial charge in [-0.25, -0.2) is 0 Å². The molecule has 1 amide bonds. The van der Waals surface area contributed by atoms with Gasteiger partial charge in [0.2, 0.25) is 0 Å². The van der Waals surface area contributed by atoms with Crippen LogP contribution in [0.25, 0.3) is 0 Å². The summed E-state index contributed by atoms with van der Waals surface area (Å²) in [5.41, 5.74) is 2.98. The zero-order valence-electron chi connectivity index (χ0n) is 16.7. The number of rotatable bonds is 5. The number of fused-ring (bicyclic) bond motifs is 4. The van der Waals surface area contributed by atoms with Gasteiger partial charge in [-0.15, -0.1) is 0 Å². The molecule has 0 aliphatic carbocycles. The van der Waals surface area contributed by atoms with Gasteiger partial charge in [-0.2, -0.15) is 0 Å². The van der Waals surface area contributed by atoms with Crippen molar-refractivity contribution < 1.29 is 9.21 Å². The molecule has 5 heterocycles. The van der Waals surface area contributed by atoms with E-state index in [4.69, 9.17) is 4.42 Å². The molecule has 1 fully saturated rings. The molecule has 5 rings (SSSR count). The Labute approximate surface area is 174 Å². The molecule has 0 radical (unpaired) electrons. The van der Waals surface area contributed by atoms with E-state index in [-0.39, 0.29) is 17.0 Å². The van der Waals surface area contributed by atoms with E-state index in [1.54, 1.807) is 24.8 Å². The molecule has 3 aromatic heterocycles. The summed E-state index contributed by atoms with van der Waals surface area (Å²) in [5, 5.41) is 2.81. The topological polar surface area (TPSA) is 80.4 Å². The Morgan fingerprint density at radius 2 is 2.10 bits per heavy atom. The number of nitrogens with zero attached hydrogens (tertiary/aromatic N) is 3. The predicted molar refractivity (Wildman–Crippen MR) is 111 cm³/mol. The summed E-state index contributed by atoms with van der Waals surface area (Å²) >= 11 is 0. The Morgan fingerprint density at radius 1 is 1.17 bits per heavy atom. The molecular weight excluding hydrogens is 380 g/mol. The van der Waals surface area contributed by atoms with Crippen molar-refractivity contribution >= 4 is 5.91 Å². The van der Waals surface area contributed by atoms with Gasteiger partial charge in [-0.05, 0) is 42.7 Å². The molecule has 0 aromatic carbocycles. The van der Waals surface area contributed by atoms with E-state index in [1.807, 2.05) is 34.9 Å². The van der Waals surface area contributed by atoms with Crippen LogP contribution in [0.15, 0.2) is 64.3 Å². The van der Waals surface area contributed by atoms with Crippen molar-refractivity contribution in [2.75, 3.05) is 13.1 Å². The van der Waals surface area contributed by atoms with Crippen molar-refractivity contribution in [3.63, 3.8) is 0 Å². The molecule has 0 saturated carbocycles. The number of carbonyl (C=O) groups excluding carboxylic acids is 1. The van der Waals surface area contributed by atoms with Gasteiger partial charge in [0.05, 0.1) is 24.8 Å². The van der Waals surface area contributed by atoms with Crippen LogP contribution in [0, 0.1) is 5.92 Å². The Morgan fingerprint density at radius 3 is 2.90 bits per heavy atom. The standard InChI is InChI=1S/C23H24N4O3/c28-22(25-10-19-3-1-2-7-24-19)20-4-5-21-18-9-17(13-27(21)23(20)29)12-26(14-18)11-16-6-8-30-15-16/h1-8,15,17-18H,9-14H2,(H,25,28)/t17-,18+/m0/s1. The second-order valence-electron chi connectivity index (χ2n) is 8.22. The van der Waals surface area contributed by atoms with E-state index in [0.29, 0.717) is 24.9 Å². The average molecular weight is 404 g/mol. The monoisotopic (exact) mass is 404 g/mol. The van der Waals surface area contributed by atoms with Gasteiger partial charge in [0, 0.05) is 49.6 Å². The van der Waals surface area contributed by atoms with Crippen molar-refractivity contribution in [1.29, 1.82) is 0 Å². The van der Waals surface area contributed by atoms with E-state index in [2.05, 4.69) is 15.2 Å². The maximum Gasteiger partial charge on any atom is 0.263 e. The number of amides is 1. The van der Waals surface area contributed by atoms with Gasteiger partial charge >= 0.3 is 0 Å². The van der Waals surface area contributed by atoms with Gasteiger partial charge in [0.1, 0.15) is 5.56 Å². The van der Waals surface area contributed by atoms with Gasteiger partial charge in [0.15, 0.2) is 0 Å². The number of hydrogen-bond acceptors (Lipinski definition) is 5. The lowest BCUT2D eigenvalue weighted by Crippen LogP contribution is -2.47. The maximum absolute atomic E-state index is 13.1. The van der Waals surface area contributed by atoms with Crippen molar-refractivity contribution in [2.45, 2.75) is 32.0 Å². The van der Waals surface area contributed by atoms with Crippen LogP contribution in [-0.2, 0) is 19.6 Å². The predicted octanol–water partition coefficient (Wildman–Crippen LogP) is 2.39. The molecule has 1 saturated heterocycles. The highest BCUT2D eigenvalue weighted by molar-refractivity contribution is 5.93. The molecule has 1 N–H and O–H groups in total. The van der Waals surface area contributed by atoms with E-state index in [9.17, 15) is 9.59 Å². The Hall–Kier alpha value is -3.19. The highest BCUT2D eigenvalue weighted by Crippen LogP contribution is 2.35. The molecule has 2 aliphatic heterocycles. The number of piperidine rings is 1. The van der Waals surface area contributed by atoms with Crippen molar-refractivity contribution in [3.05, 3.63) is 88.0 Å². The van der Waals surface area contributed by atoms with Gasteiger partial charge in [0.25, 0.3) is 11.5 Å². The first kappa shape index (κ1) is 18.8. The lowest BCUT2D eigenvalue weighted by molar-refractivity contribution is 0.0943. The van der Waals surface area contributed by atoms with Crippen LogP contribution in [0.4, 0.5) is 0 Å². The summed E-state index contributed by atoms with van der Waals surface area (Å²) in [6, 6.07) is 11.2. The van der Waals surface area contributed by atoms with Crippen LogP contribution in [0.3, 0.4) is 0 Å². The van der Waals surface area contributed by atoms with Crippen LogP contribution in [0.1, 0.15) is 39.6 Å². The van der Waals surface area contributed by atoms with Crippen molar-refractivity contribution in [1.82, 2.24) is 19.8 Å². The van der Waals surface area contributed by atoms with E-state index >= 15 is 0 Å². The maximum atomic E-state index is 13.1. The first-order chi connectivity index (χ1) is 14.7. The van der Waals surface area contributed by atoms with Crippen LogP contribution in [-0.4, -0.2) is 33.4 Å². The first-order valence-electron chi connectivity index (χ1n) is 10.3. The van der Waals surface area contributed by atoms with Crippen molar-refractivity contribution in [3.8, 4) is 0 Å². The van der Waals surface area contributed by atoms with E-state index < -0.39 is 0 Å². The molecule has 7 nitrogen and oxygen atoms in total. The van der Waals surface area contributed by atoms with Crippen LogP contribution >= 0.6 is 0 Å². The van der Waals surface area contributed by atoms with Gasteiger partial charge < -0.3 is 14.3 Å². The number of hydrogen-bond donors (Lipinski definition) is 1. The Bertz CT molecular complexity index is 1090.